The predicted octanol–water partition coefficient (Wildman–Crippen LogP) is 4.06. The smallest absolute Gasteiger partial charge is 0.0439 e. The van der Waals surface area contributed by atoms with E-state index in [1.807, 2.05) is 18.2 Å². The minimum Gasteiger partial charge on any atom is -0.330 e. The maximum absolute atomic E-state index is 6.06. The Kier molecular flexibility index (Phi) is 6.07. The van der Waals surface area contributed by atoms with Crippen LogP contribution in [0.1, 0.15) is 31.2 Å². The zero-order chi connectivity index (χ0) is 11.1. The van der Waals surface area contributed by atoms with Crippen LogP contribution in [0, 0.1) is 0 Å². The van der Waals surface area contributed by atoms with Crippen molar-refractivity contribution < 1.29 is 0 Å². The van der Waals surface area contributed by atoms with Gasteiger partial charge in [0.05, 0.1) is 0 Å². The number of nitrogens with two attached hydrogens (primary N) is 1. The number of aryl methyl sites for hydroxylation is 1. The largest absolute Gasteiger partial charge is 0.330 e. The zero-order valence-corrected chi connectivity index (χ0v) is 10.3. The first kappa shape index (κ1) is 12.8. The molecule has 0 fully saturated rings. The predicted molar refractivity (Wildman–Crippen MR) is 67.7 cm³/mol. The number of halogens is 2. The summed E-state index contributed by atoms with van der Waals surface area (Å²) in [6.07, 6.45) is 5.68. The molecular weight excluding hydrogens is 229 g/mol. The van der Waals surface area contributed by atoms with E-state index in [1.165, 1.54) is 12.8 Å². The van der Waals surface area contributed by atoms with E-state index in [2.05, 4.69) is 0 Å². The Hall–Kier alpha value is -0.240. The first-order chi connectivity index (χ1) is 7.24. The molecule has 0 heterocycles. The molecule has 0 amide bonds. The molecule has 0 spiro atoms. The third-order valence-electron chi connectivity index (χ3n) is 2.41. The molecule has 0 unspecified atom stereocenters. The molecule has 1 nitrogen and oxygen atoms in total. The van der Waals surface area contributed by atoms with Gasteiger partial charge in [0.25, 0.3) is 0 Å². The number of hydrogen-bond donors (Lipinski definition) is 1. The van der Waals surface area contributed by atoms with Gasteiger partial charge in [-0.25, -0.2) is 0 Å². The highest BCUT2D eigenvalue weighted by Crippen LogP contribution is 2.22. The van der Waals surface area contributed by atoms with Gasteiger partial charge in [-0.2, -0.15) is 0 Å². The fraction of sp³-hybridized carbons (Fsp3) is 0.500. The highest BCUT2D eigenvalue weighted by molar-refractivity contribution is 6.33. The highest BCUT2D eigenvalue weighted by atomic mass is 35.5. The third-order valence-corrected chi connectivity index (χ3v) is 3.01. The van der Waals surface area contributed by atoms with Crippen molar-refractivity contribution >= 4 is 23.2 Å². The lowest BCUT2D eigenvalue weighted by Gasteiger charge is -2.04. The van der Waals surface area contributed by atoms with Crippen LogP contribution in [0.25, 0.3) is 0 Å². The van der Waals surface area contributed by atoms with Gasteiger partial charge in [0.2, 0.25) is 0 Å². The molecule has 2 N–H and O–H groups in total. The molecule has 0 saturated heterocycles. The molecule has 0 saturated carbocycles. The molecule has 1 aromatic rings. The van der Waals surface area contributed by atoms with Crippen LogP contribution in [0.2, 0.25) is 10.0 Å². The Morgan fingerprint density at radius 3 is 2.47 bits per heavy atom. The maximum Gasteiger partial charge on any atom is 0.0439 e. The number of rotatable bonds is 6. The van der Waals surface area contributed by atoms with Gasteiger partial charge in [-0.05, 0) is 49.6 Å². The first-order valence-electron chi connectivity index (χ1n) is 5.38. The minimum atomic E-state index is 0.761. The molecule has 0 radical (unpaired) electrons. The summed E-state index contributed by atoms with van der Waals surface area (Å²) in [6.45, 7) is 0.790. The molecule has 1 rings (SSSR count). The van der Waals surface area contributed by atoms with Crippen molar-refractivity contribution in [3.05, 3.63) is 33.8 Å². The van der Waals surface area contributed by atoms with Crippen LogP contribution in [-0.4, -0.2) is 6.54 Å². The summed E-state index contributed by atoms with van der Waals surface area (Å²) >= 11 is 12.0. The quantitative estimate of drug-likeness (QED) is 0.752. The summed E-state index contributed by atoms with van der Waals surface area (Å²) in [5.41, 5.74) is 6.58. The molecule has 0 aliphatic heterocycles. The van der Waals surface area contributed by atoms with E-state index >= 15 is 0 Å². The second kappa shape index (κ2) is 7.10. The summed E-state index contributed by atoms with van der Waals surface area (Å²) in [5, 5.41) is 1.58. The number of benzene rings is 1. The number of hydrogen-bond acceptors (Lipinski definition) is 1. The normalized spacial score (nSPS) is 10.6. The molecule has 1 aromatic carbocycles. The van der Waals surface area contributed by atoms with E-state index in [9.17, 15) is 0 Å². The lowest BCUT2D eigenvalue weighted by atomic mass is 10.1. The first-order valence-corrected chi connectivity index (χ1v) is 6.13. The van der Waals surface area contributed by atoms with E-state index in [4.69, 9.17) is 28.9 Å². The molecule has 0 aliphatic carbocycles. The van der Waals surface area contributed by atoms with Gasteiger partial charge in [-0.1, -0.05) is 36.0 Å². The second-order valence-electron chi connectivity index (χ2n) is 3.69. The van der Waals surface area contributed by atoms with Gasteiger partial charge in [-0.3, -0.25) is 0 Å². The Bertz CT molecular complexity index is 300. The van der Waals surface area contributed by atoms with Crippen molar-refractivity contribution in [1.82, 2.24) is 0 Å². The Morgan fingerprint density at radius 2 is 1.73 bits per heavy atom. The lowest BCUT2D eigenvalue weighted by Crippen LogP contribution is -1.97. The molecule has 15 heavy (non-hydrogen) atoms. The highest BCUT2D eigenvalue weighted by Gasteiger charge is 2.00. The summed E-state index contributed by atoms with van der Waals surface area (Å²) in [7, 11) is 0. The van der Waals surface area contributed by atoms with Crippen molar-refractivity contribution in [3.8, 4) is 0 Å². The molecule has 0 atom stereocenters. The van der Waals surface area contributed by atoms with Gasteiger partial charge >= 0.3 is 0 Å². The van der Waals surface area contributed by atoms with Crippen molar-refractivity contribution in [1.29, 1.82) is 0 Å². The van der Waals surface area contributed by atoms with Crippen molar-refractivity contribution in [2.24, 2.45) is 5.73 Å². The van der Waals surface area contributed by atoms with Crippen LogP contribution in [-0.2, 0) is 6.42 Å². The molecule has 84 valence electrons. The summed E-state index contributed by atoms with van der Waals surface area (Å²) in [4.78, 5) is 0. The fourth-order valence-corrected chi connectivity index (χ4v) is 1.95. The van der Waals surface area contributed by atoms with Gasteiger partial charge in [0.15, 0.2) is 0 Å². The Morgan fingerprint density at radius 1 is 1.00 bits per heavy atom. The lowest BCUT2D eigenvalue weighted by molar-refractivity contribution is 0.647. The fourth-order valence-electron chi connectivity index (χ4n) is 1.55. The van der Waals surface area contributed by atoms with E-state index < -0.39 is 0 Å². The maximum atomic E-state index is 6.06. The average Bonchev–Trinajstić information content (AvgIpc) is 2.23. The average molecular weight is 246 g/mol. The van der Waals surface area contributed by atoms with Crippen LogP contribution in [0.3, 0.4) is 0 Å². The minimum absolute atomic E-state index is 0.761. The molecule has 0 bridgehead atoms. The summed E-state index contributed by atoms with van der Waals surface area (Å²) in [6, 6.07) is 5.63. The SMILES string of the molecule is NCCCCCCc1cc(Cl)ccc1Cl. The van der Waals surface area contributed by atoms with Gasteiger partial charge in [-0.15, -0.1) is 0 Å². The van der Waals surface area contributed by atoms with Crippen LogP contribution in [0.15, 0.2) is 18.2 Å². The van der Waals surface area contributed by atoms with Crippen LogP contribution in [0.4, 0.5) is 0 Å². The van der Waals surface area contributed by atoms with Crippen LogP contribution in [0.5, 0.6) is 0 Å². The van der Waals surface area contributed by atoms with Crippen molar-refractivity contribution in [3.63, 3.8) is 0 Å². The van der Waals surface area contributed by atoms with Gasteiger partial charge in [0.1, 0.15) is 0 Å². The van der Waals surface area contributed by atoms with Crippen LogP contribution >= 0.6 is 23.2 Å². The van der Waals surface area contributed by atoms with Crippen LogP contribution < -0.4 is 5.73 Å². The Balaban J connectivity index is 2.33. The van der Waals surface area contributed by atoms with E-state index in [-0.39, 0.29) is 0 Å². The van der Waals surface area contributed by atoms with Crippen molar-refractivity contribution in [2.45, 2.75) is 32.1 Å². The van der Waals surface area contributed by atoms with Crippen molar-refractivity contribution in [2.75, 3.05) is 6.54 Å². The summed E-state index contributed by atoms with van der Waals surface area (Å²) in [5.74, 6) is 0. The second-order valence-corrected chi connectivity index (χ2v) is 4.53. The molecule has 0 aromatic heterocycles. The Labute approximate surface area is 102 Å². The third kappa shape index (κ3) is 4.87. The summed E-state index contributed by atoms with van der Waals surface area (Å²) < 4.78 is 0. The standard InChI is InChI=1S/C12H17Cl2N/c13-11-6-7-12(14)10(9-11)5-3-1-2-4-8-15/h6-7,9H,1-5,8,15H2. The molecular formula is C12H17Cl2N. The monoisotopic (exact) mass is 245 g/mol. The van der Waals surface area contributed by atoms with E-state index in [0.29, 0.717) is 0 Å². The number of unbranched alkanes of at least 4 members (excludes halogenated alkanes) is 3. The topological polar surface area (TPSA) is 26.0 Å². The van der Waals surface area contributed by atoms with Gasteiger partial charge in [0, 0.05) is 10.0 Å². The van der Waals surface area contributed by atoms with E-state index in [1.54, 1.807) is 0 Å². The zero-order valence-electron chi connectivity index (χ0n) is 8.81. The van der Waals surface area contributed by atoms with Gasteiger partial charge < -0.3 is 5.73 Å². The molecule has 3 heteroatoms. The molecule has 0 aliphatic rings. The van der Waals surface area contributed by atoms with E-state index in [0.717, 1.165) is 41.4 Å².